The molecule has 1 aromatic rings. The molecule has 1 aliphatic rings. The highest BCUT2D eigenvalue weighted by molar-refractivity contribution is 7.09. The van der Waals surface area contributed by atoms with Crippen LogP contribution in [0.4, 0.5) is 0 Å². The molecule has 2 unspecified atom stereocenters. The second kappa shape index (κ2) is 5.05. The normalized spacial score (nSPS) is 26.0. The minimum atomic E-state index is 0.443. The highest BCUT2D eigenvalue weighted by atomic mass is 32.1. The predicted octanol–water partition coefficient (Wildman–Crippen LogP) is 1.67. The van der Waals surface area contributed by atoms with Gasteiger partial charge in [0.2, 0.25) is 0 Å². The lowest BCUT2D eigenvalue weighted by Crippen LogP contribution is -2.23. The van der Waals surface area contributed by atoms with Gasteiger partial charge in [-0.2, -0.15) is 0 Å². The summed E-state index contributed by atoms with van der Waals surface area (Å²) >= 11 is 1.72. The molecule has 4 heteroatoms. The van der Waals surface area contributed by atoms with E-state index < -0.39 is 0 Å². The Hall–Kier alpha value is -0.450. The molecule has 0 bridgehead atoms. The average molecular weight is 225 g/mol. The van der Waals surface area contributed by atoms with Gasteiger partial charge >= 0.3 is 0 Å². The largest absolute Gasteiger partial charge is 0.328 e. The zero-order valence-electron chi connectivity index (χ0n) is 9.20. The van der Waals surface area contributed by atoms with Gasteiger partial charge in [0.25, 0.3) is 0 Å². The molecule has 3 N–H and O–H groups in total. The summed E-state index contributed by atoms with van der Waals surface area (Å²) in [6.45, 7) is 4.03. The third-order valence-corrected chi connectivity index (χ3v) is 3.81. The molecule has 2 rings (SSSR count). The third-order valence-electron chi connectivity index (χ3n) is 2.99. The van der Waals surface area contributed by atoms with Crippen LogP contribution < -0.4 is 11.1 Å². The smallest absolute Gasteiger partial charge is 0.0897 e. The molecule has 15 heavy (non-hydrogen) atoms. The molecule has 0 amide bonds. The Kier molecular flexibility index (Phi) is 3.72. The number of hydrogen-bond acceptors (Lipinski definition) is 4. The minimum absolute atomic E-state index is 0.443. The fourth-order valence-corrected chi connectivity index (χ4v) is 2.81. The van der Waals surface area contributed by atoms with E-state index in [1.807, 2.05) is 6.92 Å². The Morgan fingerprint density at radius 3 is 3.07 bits per heavy atom. The summed E-state index contributed by atoms with van der Waals surface area (Å²) in [6, 6.07) is 0.443. The highest BCUT2D eigenvalue weighted by Gasteiger charge is 2.20. The molecule has 0 aromatic carbocycles. The standard InChI is InChI=1S/C11H19N3S/c1-8-14-11(7-15-8)6-13-5-9-2-3-10(12)4-9/h7,9-10,13H,2-6,12H2,1H3. The summed E-state index contributed by atoms with van der Waals surface area (Å²) in [5.41, 5.74) is 7.04. The summed E-state index contributed by atoms with van der Waals surface area (Å²) in [4.78, 5) is 4.42. The van der Waals surface area contributed by atoms with Gasteiger partial charge in [0.05, 0.1) is 10.7 Å². The number of thiazole rings is 1. The maximum Gasteiger partial charge on any atom is 0.0897 e. The van der Waals surface area contributed by atoms with Gasteiger partial charge < -0.3 is 11.1 Å². The Labute approximate surface area is 95.1 Å². The SMILES string of the molecule is Cc1nc(CNCC2CCC(N)C2)cs1. The molecule has 0 spiro atoms. The van der Waals surface area contributed by atoms with Gasteiger partial charge in [-0.3, -0.25) is 0 Å². The van der Waals surface area contributed by atoms with E-state index in [4.69, 9.17) is 5.73 Å². The zero-order valence-corrected chi connectivity index (χ0v) is 10.0. The first-order chi connectivity index (χ1) is 7.24. The molecular formula is C11H19N3S. The van der Waals surface area contributed by atoms with Crippen molar-refractivity contribution in [3.8, 4) is 0 Å². The lowest BCUT2D eigenvalue weighted by molar-refractivity contribution is 0.481. The number of rotatable bonds is 4. The predicted molar refractivity (Wildman–Crippen MR) is 63.9 cm³/mol. The summed E-state index contributed by atoms with van der Waals surface area (Å²) in [7, 11) is 0. The number of aromatic nitrogens is 1. The third kappa shape index (κ3) is 3.26. The molecule has 0 radical (unpaired) electrons. The van der Waals surface area contributed by atoms with E-state index in [0.29, 0.717) is 6.04 Å². The van der Waals surface area contributed by atoms with Gasteiger partial charge in [0.15, 0.2) is 0 Å². The highest BCUT2D eigenvalue weighted by Crippen LogP contribution is 2.23. The lowest BCUT2D eigenvalue weighted by Gasteiger charge is -2.09. The van der Waals surface area contributed by atoms with Crippen molar-refractivity contribution in [3.63, 3.8) is 0 Å². The topological polar surface area (TPSA) is 50.9 Å². The first-order valence-corrected chi connectivity index (χ1v) is 6.49. The van der Waals surface area contributed by atoms with Crippen LogP contribution in [0, 0.1) is 12.8 Å². The van der Waals surface area contributed by atoms with Crippen LogP contribution in [0.15, 0.2) is 5.38 Å². The number of nitrogens with zero attached hydrogens (tertiary/aromatic N) is 1. The van der Waals surface area contributed by atoms with Crippen LogP contribution in [-0.4, -0.2) is 17.6 Å². The van der Waals surface area contributed by atoms with Crippen molar-refractivity contribution < 1.29 is 0 Å². The van der Waals surface area contributed by atoms with E-state index in [0.717, 1.165) is 24.0 Å². The molecule has 1 aliphatic carbocycles. The fraction of sp³-hybridized carbons (Fsp3) is 0.727. The van der Waals surface area contributed by atoms with Gasteiger partial charge in [0, 0.05) is 18.0 Å². The molecule has 84 valence electrons. The second-order valence-electron chi connectivity index (χ2n) is 4.43. The number of nitrogens with one attached hydrogen (secondary N) is 1. The van der Waals surface area contributed by atoms with Crippen LogP contribution in [0.2, 0.25) is 0 Å². The molecule has 1 fully saturated rings. The fourth-order valence-electron chi connectivity index (χ4n) is 2.19. The average Bonchev–Trinajstić information content (AvgIpc) is 2.76. The van der Waals surface area contributed by atoms with Crippen molar-refractivity contribution in [1.29, 1.82) is 0 Å². The molecule has 0 aliphatic heterocycles. The van der Waals surface area contributed by atoms with Gasteiger partial charge in [0.1, 0.15) is 0 Å². The van der Waals surface area contributed by atoms with Crippen LogP contribution in [0.1, 0.15) is 30.0 Å². The van der Waals surface area contributed by atoms with Crippen LogP contribution in [-0.2, 0) is 6.54 Å². The van der Waals surface area contributed by atoms with E-state index in [9.17, 15) is 0 Å². The van der Waals surface area contributed by atoms with Crippen molar-refractivity contribution in [2.24, 2.45) is 11.7 Å². The van der Waals surface area contributed by atoms with E-state index in [1.54, 1.807) is 11.3 Å². The Bertz CT molecular complexity index is 311. The van der Waals surface area contributed by atoms with Crippen molar-refractivity contribution >= 4 is 11.3 Å². The van der Waals surface area contributed by atoms with Gasteiger partial charge in [-0.25, -0.2) is 4.98 Å². The number of nitrogens with two attached hydrogens (primary N) is 1. The molecule has 1 aromatic heterocycles. The Morgan fingerprint density at radius 1 is 1.60 bits per heavy atom. The summed E-state index contributed by atoms with van der Waals surface area (Å²) < 4.78 is 0. The van der Waals surface area contributed by atoms with Crippen molar-refractivity contribution in [2.45, 2.75) is 38.8 Å². The summed E-state index contributed by atoms with van der Waals surface area (Å²) in [5.74, 6) is 0.778. The van der Waals surface area contributed by atoms with Crippen molar-refractivity contribution in [2.75, 3.05) is 6.54 Å². The van der Waals surface area contributed by atoms with E-state index in [-0.39, 0.29) is 0 Å². The summed E-state index contributed by atoms with van der Waals surface area (Å²) in [5, 5.41) is 6.74. The quantitative estimate of drug-likeness (QED) is 0.819. The molecular weight excluding hydrogens is 206 g/mol. The lowest BCUT2D eigenvalue weighted by atomic mass is 10.1. The van der Waals surface area contributed by atoms with Crippen LogP contribution in [0.25, 0.3) is 0 Å². The second-order valence-corrected chi connectivity index (χ2v) is 5.49. The van der Waals surface area contributed by atoms with Gasteiger partial charge in [-0.05, 0) is 38.6 Å². The van der Waals surface area contributed by atoms with Crippen molar-refractivity contribution in [3.05, 3.63) is 16.1 Å². The first-order valence-electron chi connectivity index (χ1n) is 5.61. The van der Waals surface area contributed by atoms with Gasteiger partial charge in [-0.1, -0.05) is 0 Å². The van der Waals surface area contributed by atoms with Crippen LogP contribution >= 0.6 is 11.3 Å². The number of hydrogen-bond donors (Lipinski definition) is 2. The Morgan fingerprint density at radius 2 is 2.47 bits per heavy atom. The van der Waals surface area contributed by atoms with Crippen LogP contribution in [0.5, 0.6) is 0 Å². The number of aryl methyl sites for hydroxylation is 1. The maximum absolute atomic E-state index is 5.87. The van der Waals surface area contributed by atoms with Crippen molar-refractivity contribution in [1.82, 2.24) is 10.3 Å². The Balaban J connectivity index is 1.67. The molecule has 3 nitrogen and oxygen atoms in total. The van der Waals surface area contributed by atoms with E-state index in [2.05, 4.69) is 15.7 Å². The molecule has 1 saturated carbocycles. The minimum Gasteiger partial charge on any atom is -0.328 e. The molecule has 2 atom stereocenters. The molecule has 0 saturated heterocycles. The summed E-state index contributed by atoms with van der Waals surface area (Å²) in [6.07, 6.45) is 3.66. The van der Waals surface area contributed by atoms with Crippen LogP contribution in [0.3, 0.4) is 0 Å². The zero-order chi connectivity index (χ0) is 10.7. The molecule has 1 heterocycles. The van der Waals surface area contributed by atoms with E-state index in [1.165, 1.54) is 25.0 Å². The monoisotopic (exact) mass is 225 g/mol. The first kappa shape index (κ1) is 11.0. The van der Waals surface area contributed by atoms with E-state index >= 15 is 0 Å². The van der Waals surface area contributed by atoms with Gasteiger partial charge in [-0.15, -0.1) is 11.3 Å². The maximum atomic E-state index is 5.87.